The number of aryl methyl sites for hydroxylation is 1. The summed E-state index contributed by atoms with van der Waals surface area (Å²) in [7, 11) is 0. The van der Waals surface area contributed by atoms with E-state index in [1.165, 1.54) is 23.6 Å². The lowest BCUT2D eigenvalue weighted by Gasteiger charge is -2.26. The molecule has 1 aliphatic heterocycles. The molecule has 0 radical (unpaired) electrons. The Bertz CT molecular complexity index is 472. The molecule has 1 aromatic rings. The standard InChI is InChI=1S/C13H15NO3S/c1-8-3-5-10(6-4-8)12-14(9(2)15)11(7-18-12)13(16)17/h3-6,11-12H,7H2,1-2H3,(H,16,17)/t11-,12-/m1/s1. The fourth-order valence-electron chi connectivity index (χ4n) is 2.07. The van der Waals surface area contributed by atoms with Gasteiger partial charge in [0.05, 0.1) is 0 Å². The van der Waals surface area contributed by atoms with Gasteiger partial charge >= 0.3 is 5.97 Å². The first-order valence-corrected chi connectivity index (χ1v) is 6.75. The van der Waals surface area contributed by atoms with E-state index in [1.807, 2.05) is 31.2 Å². The van der Waals surface area contributed by atoms with Gasteiger partial charge in [0.2, 0.25) is 5.91 Å². The number of carbonyl (C=O) groups is 2. The molecule has 0 saturated carbocycles. The summed E-state index contributed by atoms with van der Waals surface area (Å²) in [5, 5.41) is 8.94. The highest BCUT2D eigenvalue weighted by molar-refractivity contribution is 7.99. The Kier molecular flexibility index (Phi) is 3.61. The topological polar surface area (TPSA) is 57.6 Å². The van der Waals surface area contributed by atoms with Crippen molar-refractivity contribution in [3.05, 3.63) is 35.4 Å². The molecule has 4 nitrogen and oxygen atoms in total. The van der Waals surface area contributed by atoms with Gasteiger partial charge in [-0.1, -0.05) is 29.8 Å². The number of carboxylic acids is 1. The maximum absolute atomic E-state index is 11.7. The normalized spacial score (nSPS) is 23.1. The SMILES string of the molecule is CC(=O)N1[C@@H](C(=O)O)CS[C@@H]1c1ccc(C)cc1. The van der Waals surface area contributed by atoms with Crippen LogP contribution in [0.25, 0.3) is 0 Å². The highest BCUT2D eigenvalue weighted by Gasteiger charge is 2.40. The average Bonchev–Trinajstić information content (AvgIpc) is 2.74. The molecule has 5 heteroatoms. The molecule has 1 saturated heterocycles. The zero-order valence-corrected chi connectivity index (χ0v) is 11.1. The number of carbonyl (C=O) groups excluding carboxylic acids is 1. The molecule has 0 unspecified atom stereocenters. The number of benzene rings is 1. The van der Waals surface area contributed by atoms with Gasteiger partial charge in [-0.05, 0) is 12.5 Å². The maximum atomic E-state index is 11.7. The highest BCUT2D eigenvalue weighted by atomic mass is 32.2. The van der Waals surface area contributed by atoms with Crippen LogP contribution in [-0.2, 0) is 9.59 Å². The smallest absolute Gasteiger partial charge is 0.327 e. The lowest BCUT2D eigenvalue weighted by molar-refractivity contribution is -0.148. The maximum Gasteiger partial charge on any atom is 0.327 e. The van der Waals surface area contributed by atoms with E-state index in [0.717, 1.165) is 11.1 Å². The molecule has 0 aliphatic carbocycles. The van der Waals surface area contributed by atoms with Gasteiger partial charge in [0, 0.05) is 12.7 Å². The van der Waals surface area contributed by atoms with Crippen LogP contribution in [0.1, 0.15) is 23.4 Å². The molecule has 18 heavy (non-hydrogen) atoms. The molecule has 1 aromatic carbocycles. The van der Waals surface area contributed by atoms with E-state index in [-0.39, 0.29) is 11.3 Å². The minimum Gasteiger partial charge on any atom is -0.480 e. The van der Waals surface area contributed by atoms with Crippen LogP contribution in [0.2, 0.25) is 0 Å². The number of thioether (sulfide) groups is 1. The second-order valence-corrected chi connectivity index (χ2v) is 5.49. The van der Waals surface area contributed by atoms with Crippen molar-refractivity contribution in [1.82, 2.24) is 4.90 Å². The van der Waals surface area contributed by atoms with Gasteiger partial charge in [-0.3, -0.25) is 4.79 Å². The third kappa shape index (κ3) is 2.36. The zero-order valence-electron chi connectivity index (χ0n) is 10.3. The third-order valence-electron chi connectivity index (χ3n) is 3.01. The number of hydrogen-bond acceptors (Lipinski definition) is 3. The lowest BCUT2D eigenvalue weighted by Crippen LogP contribution is -2.41. The summed E-state index contributed by atoms with van der Waals surface area (Å²) in [6.07, 6.45) is 0. The minimum absolute atomic E-state index is 0.191. The first-order chi connectivity index (χ1) is 8.50. The van der Waals surface area contributed by atoms with Crippen molar-refractivity contribution in [3.63, 3.8) is 0 Å². The summed E-state index contributed by atoms with van der Waals surface area (Å²) in [6.45, 7) is 3.41. The summed E-state index contributed by atoms with van der Waals surface area (Å²) in [5.41, 5.74) is 2.12. The molecule has 2 rings (SSSR count). The Morgan fingerprint density at radius 2 is 1.94 bits per heavy atom. The summed E-state index contributed by atoms with van der Waals surface area (Å²) in [5.74, 6) is -0.696. The number of nitrogens with zero attached hydrogens (tertiary/aromatic N) is 1. The zero-order chi connectivity index (χ0) is 13.3. The highest BCUT2D eigenvalue weighted by Crippen LogP contribution is 2.41. The molecule has 1 aliphatic rings. The molecule has 0 spiro atoms. The first kappa shape index (κ1) is 13.0. The van der Waals surface area contributed by atoms with Crippen LogP contribution >= 0.6 is 11.8 Å². The molecule has 0 aromatic heterocycles. The monoisotopic (exact) mass is 265 g/mol. The minimum atomic E-state index is -0.938. The van der Waals surface area contributed by atoms with Crippen molar-refractivity contribution in [2.24, 2.45) is 0 Å². The van der Waals surface area contributed by atoms with E-state index in [4.69, 9.17) is 5.11 Å². The number of hydrogen-bond donors (Lipinski definition) is 1. The van der Waals surface area contributed by atoms with Crippen molar-refractivity contribution >= 4 is 23.6 Å². The van der Waals surface area contributed by atoms with Crippen LogP contribution in [-0.4, -0.2) is 33.7 Å². The Labute approximate surface area is 110 Å². The summed E-state index contributed by atoms with van der Waals surface area (Å²) in [4.78, 5) is 24.3. The molecule has 1 fully saturated rings. The van der Waals surface area contributed by atoms with Crippen LogP contribution in [0.4, 0.5) is 0 Å². The van der Waals surface area contributed by atoms with E-state index in [2.05, 4.69) is 0 Å². The van der Waals surface area contributed by atoms with Crippen molar-refractivity contribution < 1.29 is 14.7 Å². The Hall–Kier alpha value is -1.49. The van der Waals surface area contributed by atoms with Crippen LogP contribution in [0.3, 0.4) is 0 Å². The van der Waals surface area contributed by atoms with E-state index in [9.17, 15) is 9.59 Å². The summed E-state index contributed by atoms with van der Waals surface area (Å²) < 4.78 is 0. The van der Waals surface area contributed by atoms with Gasteiger partial charge in [-0.15, -0.1) is 11.8 Å². The molecule has 1 heterocycles. The van der Waals surface area contributed by atoms with Crippen molar-refractivity contribution in [1.29, 1.82) is 0 Å². The first-order valence-electron chi connectivity index (χ1n) is 5.70. The number of rotatable bonds is 2. The van der Waals surface area contributed by atoms with E-state index >= 15 is 0 Å². The van der Waals surface area contributed by atoms with E-state index < -0.39 is 12.0 Å². The van der Waals surface area contributed by atoms with Crippen molar-refractivity contribution in [2.45, 2.75) is 25.3 Å². The summed E-state index contributed by atoms with van der Waals surface area (Å²) >= 11 is 1.50. The van der Waals surface area contributed by atoms with Crippen LogP contribution < -0.4 is 0 Å². The molecule has 96 valence electrons. The fraction of sp³-hybridized carbons (Fsp3) is 0.385. The number of amides is 1. The lowest BCUT2D eigenvalue weighted by atomic mass is 10.1. The molecule has 1 amide bonds. The fourth-order valence-corrected chi connectivity index (χ4v) is 3.54. The molecule has 1 N–H and O–H groups in total. The van der Waals surface area contributed by atoms with Crippen LogP contribution in [0, 0.1) is 6.92 Å². The second-order valence-electron chi connectivity index (χ2n) is 4.38. The van der Waals surface area contributed by atoms with Gasteiger partial charge in [-0.25, -0.2) is 4.79 Å². The van der Waals surface area contributed by atoms with Crippen molar-refractivity contribution in [2.75, 3.05) is 5.75 Å². The molecular weight excluding hydrogens is 250 g/mol. The van der Waals surface area contributed by atoms with Gasteiger partial charge in [-0.2, -0.15) is 0 Å². The predicted molar refractivity (Wildman–Crippen MR) is 70.3 cm³/mol. The van der Waals surface area contributed by atoms with Crippen LogP contribution in [0.15, 0.2) is 24.3 Å². The quantitative estimate of drug-likeness (QED) is 0.889. The second kappa shape index (κ2) is 5.02. The molecule has 2 atom stereocenters. The van der Waals surface area contributed by atoms with Crippen LogP contribution in [0.5, 0.6) is 0 Å². The predicted octanol–water partition coefficient (Wildman–Crippen LogP) is 2.04. The third-order valence-corrected chi connectivity index (χ3v) is 4.33. The van der Waals surface area contributed by atoms with Crippen molar-refractivity contribution in [3.8, 4) is 0 Å². The number of carboxylic acid groups (broad SMARTS) is 1. The Morgan fingerprint density at radius 3 is 2.44 bits per heavy atom. The number of aliphatic carboxylic acids is 1. The van der Waals surface area contributed by atoms with Gasteiger partial charge in [0.1, 0.15) is 11.4 Å². The van der Waals surface area contributed by atoms with Gasteiger partial charge in [0.15, 0.2) is 0 Å². The average molecular weight is 265 g/mol. The molecule has 0 bridgehead atoms. The van der Waals surface area contributed by atoms with E-state index in [1.54, 1.807) is 0 Å². The van der Waals surface area contributed by atoms with Gasteiger partial charge < -0.3 is 10.0 Å². The summed E-state index contributed by atoms with van der Waals surface area (Å²) in [6, 6.07) is 7.13. The Morgan fingerprint density at radius 1 is 1.33 bits per heavy atom. The largest absolute Gasteiger partial charge is 0.480 e. The van der Waals surface area contributed by atoms with E-state index in [0.29, 0.717) is 5.75 Å². The molecular formula is C13H15NO3S. The van der Waals surface area contributed by atoms with Gasteiger partial charge in [0.25, 0.3) is 0 Å². The Balaban J connectivity index is 2.30.